The summed E-state index contributed by atoms with van der Waals surface area (Å²) in [4.78, 5) is 14.3. The van der Waals surface area contributed by atoms with Crippen molar-refractivity contribution in [2.24, 2.45) is 0 Å². The van der Waals surface area contributed by atoms with E-state index in [4.69, 9.17) is 11.6 Å². The van der Waals surface area contributed by atoms with Gasteiger partial charge in [-0.25, -0.2) is 4.79 Å². The largest absolute Gasteiger partial charge is 0.432 e. The molecule has 3 aromatic rings. The first-order valence-electron chi connectivity index (χ1n) is 7.64. The fraction of sp³-hybridized carbons (Fsp3) is 0.167. The highest BCUT2D eigenvalue weighted by Crippen LogP contribution is 2.44. The Labute approximate surface area is 155 Å². The molecule has 1 atom stereocenters. The molecule has 0 bridgehead atoms. The van der Waals surface area contributed by atoms with E-state index in [2.05, 4.69) is 4.94 Å². The maximum absolute atomic E-state index is 13.5. The summed E-state index contributed by atoms with van der Waals surface area (Å²) in [5, 5.41) is 10.1. The average molecular weight is 402 g/mol. The summed E-state index contributed by atoms with van der Waals surface area (Å²) in [7, 11) is 0. The highest BCUT2D eigenvalue weighted by molar-refractivity contribution is 6.35. The standard InChI is InChI=1S/C18H12ClF4NO3/c19-14-8-4-7-12-13(17(26,16(25)27-23)18(20,21)22)10-24(15(12)14)9-11-5-2-1-3-6-11/h1-8,10,26H,9H2. The molecule has 142 valence electrons. The molecule has 27 heavy (non-hydrogen) atoms. The molecule has 0 aliphatic heterocycles. The Morgan fingerprint density at radius 1 is 1.11 bits per heavy atom. The second kappa shape index (κ2) is 6.86. The van der Waals surface area contributed by atoms with Gasteiger partial charge in [-0.3, -0.25) is 4.94 Å². The van der Waals surface area contributed by atoms with Gasteiger partial charge < -0.3 is 9.67 Å². The lowest BCUT2D eigenvalue weighted by Gasteiger charge is -2.25. The van der Waals surface area contributed by atoms with Crippen LogP contribution in [0, 0.1) is 0 Å². The molecule has 0 saturated heterocycles. The minimum Gasteiger partial charge on any atom is -0.367 e. The van der Waals surface area contributed by atoms with Crippen LogP contribution < -0.4 is 0 Å². The third kappa shape index (κ3) is 3.15. The van der Waals surface area contributed by atoms with Gasteiger partial charge in [0.25, 0.3) is 5.60 Å². The van der Waals surface area contributed by atoms with Gasteiger partial charge in [-0.2, -0.15) is 13.2 Å². The molecule has 1 heterocycles. The molecular weight excluding hydrogens is 390 g/mol. The summed E-state index contributed by atoms with van der Waals surface area (Å²) in [5.41, 5.74) is -4.16. The van der Waals surface area contributed by atoms with E-state index < -0.39 is 23.3 Å². The number of benzene rings is 2. The van der Waals surface area contributed by atoms with Crippen molar-refractivity contribution in [1.29, 1.82) is 0 Å². The van der Waals surface area contributed by atoms with Crippen LogP contribution in [-0.4, -0.2) is 21.8 Å². The fourth-order valence-corrected chi connectivity index (χ4v) is 3.22. The van der Waals surface area contributed by atoms with Crippen LogP contribution in [-0.2, 0) is 21.9 Å². The van der Waals surface area contributed by atoms with Crippen LogP contribution in [0.25, 0.3) is 10.9 Å². The molecule has 1 aromatic heterocycles. The molecule has 0 aliphatic rings. The topological polar surface area (TPSA) is 51.5 Å². The highest BCUT2D eigenvalue weighted by atomic mass is 35.5. The SMILES string of the molecule is O=C(OF)C(O)(c1cn(Cc2ccccc2)c2c(Cl)cccc12)C(F)(F)F. The van der Waals surface area contributed by atoms with Crippen LogP contribution in [0.5, 0.6) is 0 Å². The van der Waals surface area contributed by atoms with E-state index in [1.807, 2.05) is 0 Å². The average Bonchev–Trinajstić information content (AvgIpc) is 3.00. The summed E-state index contributed by atoms with van der Waals surface area (Å²) in [6.07, 6.45) is -4.60. The summed E-state index contributed by atoms with van der Waals surface area (Å²) >= 11 is 6.15. The van der Waals surface area contributed by atoms with E-state index in [1.165, 1.54) is 22.8 Å². The summed E-state index contributed by atoms with van der Waals surface area (Å²) in [6, 6.07) is 12.8. The van der Waals surface area contributed by atoms with Crippen molar-refractivity contribution in [1.82, 2.24) is 4.57 Å². The van der Waals surface area contributed by atoms with Gasteiger partial charge in [0, 0.05) is 28.2 Å². The van der Waals surface area contributed by atoms with E-state index in [9.17, 15) is 27.6 Å². The second-order valence-electron chi connectivity index (χ2n) is 5.87. The highest BCUT2D eigenvalue weighted by Gasteiger charge is 2.64. The Morgan fingerprint density at radius 2 is 1.78 bits per heavy atom. The van der Waals surface area contributed by atoms with Crippen molar-refractivity contribution in [2.75, 3.05) is 0 Å². The van der Waals surface area contributed by atoms with E-state index in [0.717, 1.165) is 11.8 Å². The molecule has 0 radical (unpaired) electrons. The maximum Gasteiger partial charge on any atom is 0.432 e. The van der Waals surface area contributed by atoms with Gasteiger partial charge in [0.2, 0.25) is 0 Å². The lowest BCUT2D eigenvalue weighted by atomic mass is 9.93. The van der Waals surface area contributed by atoms with Crippen molar-refractivity contribution in [3.05, 3.63) is 70.9 Å². The van der Waals surface area contributed by atoms with E-state index in [-0.39, 0.29) is 22.5 Å². The van der Waals surface area contributed by atoms with Gasteiger partial charge in [-0.15, -0.1) is 0 Å². The number of fused-ring (bicyclic) bond motifs is 1. The molecule has 0 fully saturated rings. The number of aliphatic hydroxyl groups is 1. The Hall–Kier alpha value is -2.58. The number of carbonyl (C=O) groups is 1. The molecule has 0 saturated carbocycles. The van der Waals surface area contributed by atoms with Crippen LogP contribution in [0.4, 0.5) is 17.7 Å². The van der Waals surface area contributed by atoms with Crippen molar-refractivity contribution < 1.29 is 32.5 Å². The molecule has 0 aliphatic carbocycles. The van der Waals surface area contributed by atoms with Crippen molar-refractivity contribution in [3.8, 4) is 0 Å². The van der Waals surface area contributed by atoms with Gasteiger partial charge in [0.15, 0.2) is 0 Å². The summed E-state index contributed by atoms with van der Waals surface area (Å²) in [5.74, 6) is -2.48. The van der Waals surface area contributed by atoms with Gasteiger partial charge in [0.05, 0.1) is 10.5 Å². The first-order chi connectivity index (χ1) is 12.7. The number of hydrogen-bond donors (Lipinski definition) is 1. The number of carbonyl (C=O) groups excluding carboxylic acids is 1. The first-order valence-corrected chi connectivity index (χ1v) is 8.02. The van der Waals surface area contributed by atoms with Crippen LogP contribution in [0.3, 0.4) is 0 Å². The number of para-hydroxylation sites is 1. The molecule has 0 amide bonds. The number of alkyl halides is 3. The minimum absolute atomic E-state index is 0.104. The van der Waals surface area contributed by atoms with Crippen molar-refractivity contribution in [2.45, 2.75) is 18.3 Å². The van der Waals surface area contributed by atoms with Crippen LogP contribution in [0.15, 0.2) is 54.7 Å². The zero-order valence-electron chi connectivity index (χ0n) is 13.5. The quantitative estimate of drug-likeness (QED) is 0.654. The molecule has 0 spiro atoms. The Bertz CT molecular complexity index is 987. The number of aromatic nitrogens is 1. The van der Waals surface area contributed by atoms with Gasteiger partial charge in [-0.05, 0) is 11.6 Å². The van der Waals surface area contributed by atoms with Gasteiger partial charge in [-0.1, -0.05) is 54.1 Å². The normalized spacial score (nSPS) is 14.1. The van der Waals surface area contributed by atoms with Crippen LogP contribution >= 0.6 is 11.6 Å². The third-order valence-corrected chi connectivity index (χ3v) is 4.52. The van der Waals surface area contributed by atoms with E-state index in [0.29, 0.717) is 0 Å². The van der Waals surface area contributed by atoms with Crippen molar-refractivity contribution in [3.63, 3.8) is 0 Å². The number of nitrogens with zero attached hydrogens (tertiary/aromatic N) is 1. The molecular formula is C18H12ClF4NO3. The number of rotatable bonds is 4. The Kier molecular flexibility index (Phi) is 4.88. The predicted molar refractivity (Wildman–Crippen MR) is 89.6 cm³/mol. The smallest absolute Gasteiger partial charge is 0.367 e. The lowest BCUT2D eigenvalue weighted by Crippen LogP contribution is -2.49. The zero-order chi connectivity index (χ0) is 19.8. The monoisotopic (exact) mass is 401 g/mol. The number of hydrogen-bond acceptors (Lipinski definition) is 3. The first kappa shape index (κ1) is 19.2. The second-order valence-corrected chi connectivity index (χ2v) is 6.27. The molecule has 2 aromatic carbocycles. The zero-order valence-corrected chi connectivity index (χ0v) is 14.3. The summed E-state index contributed by atoms with van der Waals surface area (Å²) < 4.78 is 54.3. The van der Waals surface area contributed by atoms with E-state index in [1.54, 1.807) is 30.3 Å². The molecule has 1 unspecified atom stereocenters. The van der Waals surface area contributed by atoms with Gasteiger partial charge in [0.1, 0.15) is 0 Å². The Morgan fingerprint density at radius 3 is 2.37 bits per heavy atom. The van der Waals surface area contributed by atoms with Crippen LogP contribution in [0.1, 0.15) is 11.1 Å². The summed E-state index contributed by atoms with van der Waals surface area (Å²) in [6.45, 7) is 0.111. The minimum atomic E-state index is -5.52. The molecule has 3 rings (SSSR count). The molecule has 9 heteroatoms. The van der Waals surface area contributed by atoms with E-state index >= 15 is 0 Å². The van der Waals surface area contributed by atoms with Crippen LogP contribution in [0.2, 0.25) is 5.02 Å². The van der Waals surface area contributed by atoms with Crippen molar-refractivity contribution >= 4 is 28.5 Å². The maximum atomic E-state index is 13.5. The predicted octanol–water partition coefficient (Wildman–Crippen LogP) is 4.52. The molecule has 4 nitrogen and oxygen atoms in total. The van der Waals surface area contributed by atoms with Gasteiger partial charge >= 0.3 is 12.1 Å². The lowest BCUT2D eigenvalue weighted by molar-refractivity contribution is -0.282. The third-order valence-electron chi connectivity index (χ3n) is 4.21. The Balaban J connectivity index is 2.28. The molecule has 1 N–H and O–H groups in total. The number of halogens is 5. The fourth-order valence-electron chi connectivity index (χ4n) is 2.94.